The Labute approximate surface area is 186 Å². The summed E-state index contributed by atoms with van der Waals surface area (Å²) in [6.45, 7) is 1.88. The number of hydrogen-bond donors (Lipinski definition) is 3. The van der Waals surface area contributed by atoms with E-state index in [0.29, 0.717) is 6.42 Å². The van der Waals surface area contributed by atoms with Crippen LogP contribution in [0, 0.1) is 5.92 Å². The van der Waals surface area contributed by atoms with Crippen LogP contribution in [0.4, 0.5) is 4.79 Å². The summed E-state index contributed by atoms with van der Waals surface area (Å²) < 4.78 is 5.56. The molecule has 0 heterocycles. The van der Waals surface area contributed by atoms with Crippen LogP contribution in [0.15, 0.2) is 60.7 Å². The molecule has 2 amide bonds. The number of fused-ring (bicyclic) bond motifs is 3. The number of ether oxygens (including phenoxy) is 1. The molecule has 4 rings (SSSR count). The first kappa shape index (κ1) is 21.6. The van der Waals surface area contributed by atoms with Crippen LogP contribution in [0.5, 0.6) is 0 Å². The van der Waals surface area contributed by atoms with Gasteiger partial charge < -0.3 is 20.5 Å². The maximum absolute atomic E-state index is 12.4. The Hall–Kier alpha value is -3.61. The molecule has 7 heteroatoms. The molecular weight excluding hydrogens is 408 g/mol. The van der Waals surface area contributed by atoms with Gasteiger partial charge >= 0.3 is 12.1 Å². The lowest BCUT2D eigenvalue weighted by Gasteiger charge is -2.18. The highest BCUT2D eigenvalue weighted by atomic mass is 16.5. The smallest absolute Gasteiger partial charge is 0.407 e. The fraction of sp³-hybridized carbons (Fsp3) is 0.320. The van der Waals surface area contributed by atoms with Gasteiger partial charge in [0.05, 0.1) is 18.4 Å². The second-order valence-electron chi connectivity index (χ2n) is 8.31. The number of benzene rings is 2. The van der Waals surface area contributed by atoms with Crippen molar-refractivity contribution in [3.63, 3.8) is 0 Å². The number of nitrogens with one attached hydrogen (secondary N) is 2. The van der Waals surface area contributed by atoms with E-state index in [1.165, 1.54) is 11.1 Å². The number of carboxylic acids is 1. The molecule has 166 valence electrons. The lowest BCUT2D eigenvalue weighted by atomic mass is 9.98. The molecule has 3 N–H and O–H groups in total. The molecule has 0 aliphatic heterocycles. The van der Waals surface area contributed by atoms with E-state index in [9.17, 15) is 14.4 Å². The summed E-state index contributed by atoms with van der Waals surface area (Å²) in [6.07, 6.45) is 3.26. The molecule has 2 unspecified atom stereocenters. The average molecular weight is 434 g/mol. The molecule has 0 radical (unpaired) electrons. The zero-order valence-electron chi connectivity index (χ0n) is 17.8. The summed E-state index contributed by atoms with van der Waals surface area (Å²) in [5, 5.41) is 14.3. The van der Waals surface area contributed by atoms with Crippen LogP contribution >= 0.6 is 0 Å². The van der Waals surface area contributed by atoms with Crippen LogP contribution in [0.2, 0.25) is 0 Å². The Bertz CT molecular complexity index is 1020. The molecule has 0 saturated heterocycles. The van der Waals surface area contributed by atoms with Crippen LogP contribution in [-0.4, -0.2) is 41.8 Å². The first-order chi connectivity index (χ1) is 15.4. The number of carbonyl (C=O) groups excluding carboxylic acids is 2. The predicted octanol–water partition coefficient (Wildman–Crippen LogP) is 3.45. The van der Waals surface area contributed by atoms with Crippen molar-refractivity contribution in [2.75, 3.05) is 6.61 Å². The zero-order chi connectivity index (χ0) is 22.7. The largest absolute Gasteiger partial charge is 0.481 e. The topological polar surface area (TPSA) is 105 Å². The van der Waals surface area contributed by atoms with Gasteiger partial charge in [-0.05, 0) is 35.6 Å². The Morgan fingerprint density at radius 2 is 1.66 bits per heavy atom. The summed E-state index contributed by atoms with van der Waals surface area (Å²) in [4.78, 5) is 35.5. The molecule has 0 saturated carbocycles. The van der Waals surface area contributed by atoms with Crippen molar-refractivity contribution in [2.24, 2.45) is 5.92 Å². The Morgan fingerprint density at radius 1 is 1.03 bits per heavy atom. The molecule has 3 atom stereocenters. The minimum Gasteiger partial charge on any atom is -0.481 e. The van der Waals surface area contributed by atoms with E-state index < -0.39 is 24.0 Å². The van der Waals surface area contributed by atoms with Crippen molar-refractivity contribution in [1.82, 2.24) is 10.6 Å². The summed E-state index contributed by atoms with van der Waals surface area (Å²) in [7, 11) is 0. The van der Waals surface area contributed by atoms with Crippen LogP contribution in [-0.2, 0) is 14.3 Å². The van der Waals surface area contributed by atoms with Gasteiger partial charge in [0.15, 0.2) is 0 Å². The minimum absolute atomic E-state index is 0.0125. The van der Waals surface area contributed by atoms with Crippen LogP contribution in [0.1, 0.15) is 36.8 Å². The highest BCUT2D eigenvalue weighted by molar-refractivity contribution is 5.82. The Kier molecular flexibility index (Phi) is 6.25. The summed E-state index contributed by atoms with van der Waals surface area (Å²) in [5.74, 6) is -1.63. The SMILES string of the molecule is C[C@H](CC(=O)O)NC(=O)C1C=CC(NC(=O)OCC2c3ccccc3-c3ccccc32)C1. The molecule has 2 aromatic rings. The number of rotatable bonds is 7. The number of hydrogen-bond acceptors (Lipinski definition) is 4. The standard InChI is InChI=1S/C25H26N2O5/c1-15(12-23(28)29)26-24(30)16-10-11-17(13-16)27-25(31)32-14-22-20-8-4-2-6-18(20)19-7-3-5-9-21(19)22/h2-11,15-17,22H,12-14H2,1H3,(H,26,30)(H,27,31)(H,28,29)/t15-,16?,17?/m1/s1. The van der Waals surface area contributed by atoms with Crippen LogP contribution < -0.4 is 10.6 Å². The van der Waals surface area contributed by atoms with E-state index >= 15 is 0 Å². The highest BCUT2D eigenvalue weighted by Gasteiger charge is 2.30. The molecule has 32 heavy (non-hydrogen) atoms. The van der Waals surface area contributed by atoms with Gasteiger partial charge in [0.1, 0.15) is 6.61 Å². The van der Waals surface area contributed by atoms with Crippen molar-refractivity contribution in [1.29, 1.82) is 0 Å². The highest BCUT2D eigenvalue weighted by Crippen LogP contribution is 2.44. The van der Waals surface area contributed by atoms with Gasteiger partial charge in [0.25, 0.3) is 0 Å². The molecule has 2 aromatic carbocycles. The molecule has 2 aliphatic carbocycles. The van der Waals surface area contributed by atoms with Gasteiger partial charge in [0, 0.05) is 12.0 Å². The third kappa shape index (κ3) is 4.66. The second kappa shape index (κ2) is 9.26. The van der Waals surface area contributed by atoms with Crippen LogP contribution in [0.3, 0.4) is 0 Å². The third-order valence-electron chi connectivity index (χ3n) is 5.94. The summed E-state index contributed by atoms with van der Waals surface area (Å²) >= 11 is 0. The molecule has 0 spiro atoms. The molecule has 2 aliphatic rings. The van der Waals surface area contributed by atoms with E-state index in [-0.39, 0.29) is 30.9 Å². The van der Waals surface area contributed by atoms with Crippen molar-refractivity contribution < 1.29 is 24.2 Å². The predicted molar refractivity (Wildman–Crippen MR) is 119 cm³/mol. The van der Waals surface area contributed by atoms with Gasteiger partial charge in [-0.2, -0.15) is 0 Å². The summed E-state index contributed by atoms with van der Waals surface area (Å²) in [6, 6.07) is 15.5. The maximum Gasteiger partial charge on any atom is 0.407 e. The number of amides is 2. The first-order valence-electron chi connectivity index (χ1n) is 10.7. The molecular formula is C25H26N2O5. The number of carboxylic acid groups (broad SMARTS) is 1. The van der Waals surface area contributed by atoms with E-state index in [4.69, 9.17) is 9.84 Å². The average Bonchev–Trinajstić information content (AvgIpc) is 3.34. The molecule has 0 fully saturated rings. The van der Waals surface area contributed by atoms with Crippen LogP contribution in [0.25, 0.3) is 11.1 Å². The van der Waals surface area contributed by atoms with Crippen molar-refractivity contribution in [2.45, 2.75) is 37.8 Å². The fourth-order valence-corrected chi connectivity index (χ4v) is 4.45. The minimum atomic E-state index is -0.963. The van der Waals surface area contributed by atoms with Gasteiger partial charge in [-0.25, -0.2) is 4.79 Å². The number of alkyl carbamates (subject to hydrolysis) is 1. The maximum atomic E-state index is 12.4. The van der Waals surface area contributed by atoms with Gasteiger partial charge in [-0.3, -0.25) is 9.59 Å². The third-order valence-corrected chi connectivity index (χ3v) is 5.94. The van der Waals surface area contributed by atoms with E-state index in [1.54, 1.807) is 19.1 Å². The van der Waals surface area contributed by atoms with Crippen molar-refractivity contribution in [3.8, 4) is 11.1 Å². The van der Waals surface area contributed by atoms with Crippen molar-refractivity contribution in [3.05, 3.63) is 71.8 Å². The number of carbonyl (C=O) groups is 3. The van der Waals surface area contributed by atoms with E-state index in [1.807, 2.05) is 24.3 Å². The molecule has 0 bridgehead atoms. The van der Waals surface area contributed by atoms with Gasteiger partial charge in [-0.15, -0.1) is 0 Å². The van der Waals surface area contributed by atoms with E-state index in [2.05, 4.69) is 34.9 Å². The normalized spacial score (nSPS) is 19.7. The molecule has 7 nitrogen and oxygen atoms in total. The molecule has 0 aromatic heterocycles. The quantitative estimate of drug-likeness (QED) is 0.579. The monoisotopic (exact) mass is 434 g/mol. The van der Waals surface area contributed by atoms with Crippen molar-refractivity contribution >= 4 is 18.0 Å². The zero-order valence-corrected chi connectivity index (χ0v) is 17.8. The second-order valence-corrected chi connectivity index (χ2v) is 8.31. The Balaban J connectivity index is 1.29. The summed E-state index contributed by atoms with van der Waals surface area (Å²) in [5.41, 5.74) is 4.63. The lowest BCUT2D eigenvalue weighted by molar-refractivity contribution is -0.137. The first-order valence-corrected chi connectivity index (χ1v) is 10.7. The van der Waals surface area contributed by atoms with Gasteiger partial charge in [-0.1, -0.05) is 60.7 Å². The number of aliphatic carboxylic acids is 1. The Morgan fingerprint density at radius 3 is 2.28 bits per heavy atom. The lowest BCUT2D eigenvalue weighted by Crippen LogP contribution is -2.39. The van der Waals surface area contributed by atoms with E-state index in [0.717, 1.165) is 11.1 Å². The fourth-order valence-electron chi connectivity index (χ4n) is 4.45. The van der Waals surface area contributed by atoms with Gasteiger partial charge in [0.2, 0.25) is 5.91 Å².